The summed E-state index contributed by atoms with van der Waals surface area (Å²) in [6.45, 7) is 0. The first-order valence-corrected chi connectivity index (χ1v) is 14.5. The van der Waals surface area contributed by atoms with Crippen LogP contribution in [0.3, 0.4) is 0 Å². The first-order valence-electron chi connectivity index (χ1n) is 11.8. The van der Waals surface area contributed by atoms with E-state index < -0.39 is 15.6 Å². The van der Waals surface area contributed by atoms with Gasteiger partial charge in [0, 0.05) is 16.2 Å². The number of halogens is 3. The van der Waals surface area contributed by atoms with Gasteiger partial charge in [-0.05, 0) is 52.6 Å². The van der Waals surface area contributed by atoms with Gasteiger partial charge in [0.15, 0.2) is 24.8 Å². The minimum absolute atomic E-state index is 0.238. The van der Waals surface area contributed by atoms with Crippen LogP contribution in [0.1, 0.15) is 0 Å². The van der Waals surface area contributed by atoms with Crippen molar-refractivity contribution in [1.82, 2.24) is 0 Å². The van der Waals surface area contributed by atoms with Gasteiger partial charge >= 0.3 is 5.51 Å². The van der Waals surface area contributed by atoms with E-state index >= 15 is 0 Å². The monoisotopic (exact) mass is 562 g/mol. The first-order chi connectivity index (χ1) is 18.6. The third-order valence-corrected chi connectivity index (χ3v) is 9.15. The van der Waals surface area contributed by atoms with Crippen molar-refractivity contribution in [2.45, 2.75) is 20.2 Å². The highest BCUT2D eigenvalue weighted by atomic mass is 32.2. The Morgan fingerprint density at radius 3 is 1.03 bits per heavy atom. The molecule has 0 aromatic heterocycles. The lowest BCUT2D eigenvalue weighted by atomic mass is 10.1. The highest BCUT2D eigenvalue weighted by Gasteiger charge is 2.37. The minimum atomic E-state index is -6.09. The molecular weight excluding hydrogens is 541 g/mol. The topological polar surface area (TPSA) is 57.2 Å². The Morgan fingerprint density at radius 2 is 0.744 bits per heavy atom. The molecule has 39 heavy (non-hydrogen) atoms. The lowest BCUT2D eigenvalue weighted by Crippen LogP contribution is -2.21. The van der Waals surface area contributed by atoms with Gasteiger partial charge < -0.3 is 4.55 Å². The summed E-state index contributed by atoms with van der Waals surface area (Å²) in [5.74, 6) is 0. The van der Waals surface area contributed by atoms with E-state index in [1.807, 2.05) is 0 Å². The lowest BCUT2D eigenvalue weighted by molar-refractivity contribution is -0.0517. The van der Waals surface area contributed by atoms with E-state index in [1.165, 1.54) is 47.0 Å². The van der Waals surface area contributed by atoms with Crippen molar-refractivity contribution in [2.24, 2.45) is 0 Å². The molecule has 6 aromatic carbocycles. The Bertz CT molecular complexity index is 1700. The summed E-state index contributed by atoms with van der Waals surface area (Å²) in [7, 11) is -6.33. The number of hydrogen-bond acceptors (Lipinski definition) is 3. The first kappa shape index (κ1) is 26.7. The van der Waals surface area contributed by atoms with E-state index in [1.54, 1.807) is 0 Å². The Kier molecular flexibility index (Phi) is 7.36. The van der Waals surface area contributed by atoms with E-state index in [4.69, 9.17) is 13.0 Å². The molecule has 0 fully saturated rings. The zero-order valence-electron chi connectivity index (χ0n) is 20.3. The van der Waals surface area contributed by atoms with Crippen LogP contribution in [-0.2, 0) is 21.0 Å². The predicted octanol–water partition coefficient (Wildman–Crippen LogP) is 8.29. The van der Waals surface area contributed by atoms with Gasteiger partial charge in [0.25, 0.3) is 0 Å². The van der Waals surface area contributed by atoms with Gasteiger partial charge in [-0.1, -0.05) is 91.0 Å². The Hall–Kier alpha value is -3.85. The quantitative estimate of drug-likeness (QED) is 0.124. The van der Waals surface area contributed by atoms with Crippen LogP contribution in [0.4, 0.5) is 13.2 Å². The molecule has 0 N–H and O–H groups in total. The average Bonchev–Trinajstić information content (AvgIpc) is 2.93. The molecule has 0 atom stereocenters. The summed E-state index contributed by atoms with van der Waals surface area (Å²) >= 11 is 0. The summed E-state index contributed by atoms with van der Waals surface area (Å²) in [5, 5.41) is 7.85. The smallest absolute Gasteiger partial charge is 0.485 e. The molecule has 3 nitrogen and oxygen atoms in total. The molecule has 0 saturated heterocycles. The molecule has 6 aromatic rings. The lowest BCUT2D eigenvalue weighted by Gasteiger charge is -2.14. The second kappa shape index (κ2) is 10.7. The van der Waals surface area contributed by atoms with E-state index in [0.29, 0.717) is 0 Å². The molecule has 0 spiro atoms. The van der Waals surface area contributed by atoms with Gasteiger partial charge in [-0.2, -0.15) is 13.2 Å². The molecule has 0 heterocycles. The van der Waals surface area contributed by atoms with Crippen molar-refractivity contribution in [3.63, 3.8) is 0 Å². The van der Waals surface area contributed by atoms with Crippen LogP contribution < -0.4 is 0 Å². The van der Waals surface area contributed by atoms with Crippen molar-refractivity contribution in [1.29, 1.82) is 0 Å². The highest BCUT2D eigenvalue weighted by molar-refractivity contribution is 7.97. The van der Waals surface area contributed by atoms with Crippen molar-refractivity contribution < 1.29 is 26.1 Å². The zero-order chi connectivity index (χ0) is 27.6. The van der Waals surface area contributed by atoms with Crippen molar-refractivity contribution >= 4 is 53.3 Å². The van der Waals surface area contributed by atoms with Gasteiger partial charge in [0.1, 0.15) is 10.9 Å². The summed E-state index contributed by atoms with van der Waals surface area (Å²) in [5.41, 5.74) is -5.65. The summed E-state index contributed by atoms with van der Waals surface area (Å²) in [6.07, 6.45) is 0. The number of rotatable bonds is 3. The van der Waals surface area contributed by atoms with Gasteiger partial charge in [-0.3, -0.25) is 0 Å². The molecule has 0 unspecified atom stereocenters. The fraction of sp³-hybridized carbons (Fsp3) is 0.0323. The summed E-state index contributed by atoms with van der Waals surface area (Å²) in [6, 6.07) is 46.5. The summed E-state index contributed by atoms with van der Waals surface area (Å²) < 4.78 is 58.9. The maximum Gasteiger partial charge on any atom is 0.485 e. The maximum absolute atomic E-state index is 10.7. The molecule has 6 rings (SSSR count). The molecule has 0 radical (unpaired) electrons. The van der Waals surface area contributed by atoms with E-state index in [-0.39, 0.29) is 10.9 Å². The second-order valence-electron chi connectivity index (χ2n) is 8.64. The number of benzene rings is 6. The average molecular weight is 563 g/mol. The summed E-state index contributed by atoms with van der Waals surface area (Å²) in [4.78, 5) is 4.14. The maximum atomic E-state index is 10.7. The second-order valence-corrected chi connectivity index (χ2v) is 11.9. The predicted molar refractivity (Wildman–Crippen MR) is 150 cm³/mol. The molecule has 0 aliphatic heterocycles. The molecule has 0 amide bonds. The third kappa shape index (κ3) is 5.49. The Morgan fingerprint density at radius 1 is 0.487 bits per heavy atom. The number of fused-ring (bicyclic) bond motifs is 3. The molecule has 0 saturated carbocycles. The molecular formula is C31H21F3O3S2. The Balaban J connectivity index is 0.000000339. The SMILES string of the molecule is O=S(=O)([O-])C(F)(F)F.c1ccc2c([S+](c3cccc4ccccc34)c3cccc4ccccc34)cccc2c1. The molecule has 0 aliphatic rings. The van der Waals surface area contributed by atoms with E-state index in [2.05, 4.69) is 127 Å². The van der Waals surface area contributed by atoms with Crippen molar-refractivity contribution in [2.75, 3.05) is 0 Å². The van der Waals surface area contributed by atoms with Crippen LogP contribution in [0, 0.1) is 0 Å². The Labute approximate surface area is 226 Å². The molecule has 8 heteroatoms. The van der Waals surface area contributed by atoms with Crippen LogP contribution in [-0.4, -0.2) is 18.5 Å². The molecule has 196 valence electrons. The van der Waals surface area contributed by atoms with E-state index in [9.17, 15) is 13.2 Å². The minimum Gasteiger partial charge on any atom is -0.741 e. The van der Waals surface area contributed by atoms with Crippen LogP contribution in [0.25, 0.3) is 32.3 Å². The van der Waals surface area contributed by atoms with Crippen LogP contribution in [0.2, 0.25) is 0 Å². The van der Waals surface area contributed by atoms with Crippen LogP contribution in [0.15, 0.2) is 142 Å². The van der Waals surface area contributed by atoms with Crippen molar-refractivity contribution in [3.05, 3.63) is 127 Å². The van der Waals surface area contributed by atoms with E-state index in [0.717, 1.165) is 0 Å². The normalized spacial score (nSPS) is 12.0. The zero-order valence-corrected chi connectivity index (χ0v) is 21.9. The van der Waals surface area contributed by atoms with Gasteiger partial charge in [-0.15, -0.1) is 0 Å². The van der Waals surface area contributed by atoms with Gasteiger partial charge in [0.2, 0.25) is 0 Å². The fourth-order valence-electron chi connectivity index (χ4n) is 4.48. The van der Waals surface area contributed by atoms with Gasteiger partial charge in [0.05, 0.1) is 0 Å². The van der Waals surface area contributed by atoms with Crippen molar-refractivity contribution in [3.8, 4) is 0 Å². The third-order valence-electron chi connectivity index (χ3n) is 6.19. The fourth-order valence-corrected chi connectivity index (χ4v) is 7.05. The largest absolute Gasteiger partial charge is 0.741 e. The standard InChI is InChI=1S/C30H21S.CHF3O3S/c1-4-16-25-22(10-1)13-7-19-28(25)31(29-20-8-14-23-11-2-5-17-26(23)29)30-21-9-15-24-12-3-6-18-27(24)30;2-1(3,4)8(5,6)7/h1-21H;(H,5,6,7)/q+1;/p-1. The van der Waals surface area contributed by atoms with Crippen LogP contribution >= 0.6 is 0 Å². The number of hydrogen-bond donors (Lipinski definition) is 0. The highest BCUT2D eigenvalue weighted by Crippen LogP contribution is 2.41. The van der Waals surface area contributed by atoms with Gasteiger partial charge in [-0.25, -0.2) is 8.42 Å². The molecule has 0 aliphatic carbocycles. The number of alkyl halides is 3. The molecule has 0 bridgehead atoms. The van der Waals surface area contributed by atoms with Crippen LogP contribution in [0.5, 0.6) is 0 Å².